The maximum absolute atomic E-state index is 14.2. The Balaban J connectivity index is 1.35. The number of rotatable bonds is 43. The minimum absolute atomic E-state index is 0.0368. The fraction of sp³-hybridized carbons (Fsp3) is 0.657. The third-order valence-corrected chi connectivity index (χ3v) is 16.5. The molecule has 25 heteroatoms. The van der Waals surface area contributed by atoms with E-state index >= 15 is 0 Å². The molecular weight excluding hydrogens is 1250 g/mol. The van der Waals surface area contributed by atoms with Crippen LogP contribution in [-0.2, 0) is 93.9 Å². The molecule has 2 aliphatic rings. The van der Waals surface area contributed by atoms with Gasteiger partial charge in [0, 0.05) is 82.8 Å². The number of benzene rings is 2. The van der Waals surface area contributed by atoms with Gasteiger partial charge in [-0.3, -0.25) is 43.2 Å². The Kier molecular flexibility index (Phi) is 36.8. The normalized spacial score (nSPS) is 19.7. The fourth-order valence-electron chi connectivity index (χ4n) is 10.5. The van der Waals surface area contributed by atoms with Crippen molar-refractivity contribution in [3.8, 4) is 5.75 Å². The summed E-state index contributed by atoms with van der Waals surface area (Å²) in [5.41, 5.74) is 1.03. The topological polar surface area (TPSA) is 328 Å². The number of unbranched alkanes of at least 4 members (excludes halogenated alkanes) is 1. The van der Waals surface area contributed by atoms with Crippen LogP contribution in [0, 0.1) is 29.1 Å². The summed E-state index contributed by atoms with van der Waals surface area (Å²) in [6.45, 7) is 17.8. The monoisotopic (exact) mass is 1350 g/mol. The molecule has 0 spiro atoms. The number of carbonyl (C=O) groups excluding carboxylic acids is 9. The van der Waals surface area contributed by atoms with Crippen LogP contribution in [0.15, 0.2) is 54.6 Å². The van der Waals surface area contributed by atoms with Gasteiger partial charge >= 0.3 is 17.9 Å². The van der Waals surface area contributed by atoms with E-state index in [9.17, 15) is 47.9 Å². The van der Waals surface area contributed by atoms with Crippen LogP contribution in [-0.4, -0.2) is 174 Å². The van der Waals surface area contributed by atoms with Crippen LogP contribution in [0.5, 0.6) is 5.75 Å². The molecule has 0 radical (unpaired) electrons. The van der Waals surface area contributed by atoms with Gasteiger partial charge in [0.15, 0.2) is 11.9 Å². The highest BCUT2D eigenvalue weighted by atomic mass is 35.5. The number of ketones is 2. The molecule has 95 heavy (non-hydrogen) atoms. The van der Waals surface area contributed by atoms with Crippen LogP contribution in [0.25, 0.3) is 0 Å². The van der Waals surface area contributed by atoms with Gasteiger partial charge in [-0.05, 0) is 99.1 Å². The van der Waals surface area contributed by atoms with Crippen molar-refractivity contribution >= 4 is 70.6 Å². The molecule has 0 aliphatic carbocycles. The second kappa shape index (κ2) is 43.4. The predicted octanol–water partition coefficient (Wildman–Crippen LogP) is 7.26. The van der Waals surface area contributed by atoms with Crippen molar-refractivity contribution in [3.05, 3.63) is 76.3 Å². The number of amides is 5. The van der Waals surface area contributed by atoms with Crippen LogP contribution in [0.4, 0.5) is 0 Å². The zero-order chi connectivity index (χ0) is 69.9. The van der Waals surface area contributed by atoms with E-state index in [1.54, 1.807) is 52.0 Å². The minimum atomic E-state index is -1.30. The number of methoxy groups -OCH3 is 1. The van der Waals surface area contributed by atoms with E-state index in [-0.39, 0.29) is 106 Å². The molecule has 2 aliphatic heterocycles. The molecule has 0 bridgehead atoms. The van der Waals surface area contributed by atoms with Gasteiger partial charge in [-0.2, -0.15) is 0 Å². The summed E-state index contributed by atoms with van der Waals surface area (Å²) in [5.74, 6) is -5.83. The molecule has 4 rings (SSSR count). The average molecular weight is 1360 g/mol. The third kappa shape index (κ3) is 31.3. The molecular formula is C70H104ClN5O19. The van der Waals surface area contributed by atoms with E-state index in [4.69, 9.17) is 54.6 Å². The first-order chi connectivity index (χ1) is 45.3. The third-order valence-electron chi connectivity index (χ3n) is 16.2. The van der Waals surface area contributed by atoms with Crippen molar-refractivity contribution in [1.29, 1.82) is 0 Å². The number of aryl methyl sites for hydroxylation is 1. The second-order valence-electron chi connectivity index (χ2n) is 25.6. The molecule has 24 nitrogen and oxygen atoms in total. The fourth-order valence-corrected chi connectivity index (χ4v) is 10.7. The molecule has 6 N–H and O–H groups in total. The Hall–Kier alpha value is -6.83. The van der Waals surface area contributed by atoms with Gasteiger partial charge in [-0.15, -0.1) is 0 Å². The van der Waals surface area contributed by atoms with Gasteiger partial charge in [0.1, 0.15) is 29.8 Å². The van der Waals surface area contributed by atoms with E-state index in [1.165, 1.54) is 13.2 Å². The number of halogens is 1. The number of carbonyl (C=O) groups is 10. The molecule has 1 fully saturated rings. The average Bonchev–Trinajstić information content (AvgIpc) is 1.63. The van der Waals surface area contributed by atoms with E-state index in [0.717, 1.165) is 17.5 Å². The predicted molar refractivity (Wildman–Crippen MR) is 354 cm³/mol. The van der Waals surface area contributed by atoms with Crippen molar-refractivity contribution in [3.63, 3.8) is 0 Å². The number of Topliss-reactive ketones (excluding diaryl/α,β-unsaturated/α-hetero) is 2. The molecule has 2 aromatic rings. The number of cyclic esters (lactones) is 2. The molecule has 530 valence electrons. The SMILES string of the molecule is CCCNC(=O)CCOCCOCCOCCOCCC(=O)NCCCC[C@H](CC(=O)[C@@H](NC(=O)CCCC(=O)O)C(C)C)C(=O)CCc1ccc([C@H]2O[C@@H]2[C@@H](C)[C@@H]2C/C=C/C(=O)N[C@H](Cc3ccc(OC)c(Cl)c3)C(=O)NCC(C)(C)C(=O)O[C@@H](CC(C)C)C(=O)O2)cc1. The van der Waals surface area contributed by atoms with Gasteiger partial charge in [-0.1, -0.05) is 96.0 Å². The Morgan fingerprint density at radius 2 is 1.36 bits per heavy atom. The van der Waals surface area contributed by atoms with Crippen molar-refractivity contribution in [2.24, 2.45) is 29.1 Å². The smallest absolute Gasteiger partial charge is 0.347 e. The molecule has 8 atom stereocenters. The zero-order valence-corrected chi connectivity index (χ0v) is 57.8. The van der Waals surface area contributed by atoms with Crippen LogP contribution in [0.3, 0.4) is 0 Å². The summed E-state index contributed by atoms with van der Waals surface area (Å²) in [4.78, 5) is 131. The maximum atomic E-state index is 14.2. The standard InChI is InChI=1S/C70H104ClN5O19/c1-10-30-72-59(79)28-32-89-34-36-91-38-39-92-37-35-90-33-29-60(80)73-31-12-11-15-51(43-55(78)64(46(4)5)76-62(82)18-14-19-63(83)84)54(77)26-22-48-20-24-50(25-21-48)66-65(95-66)47(6)56-16-13-17-61(81)75-53(42-49-23-27-57(88-9)52(71)41-49)67(85)74-44-70(7,8)69(87)94-58(40-45(2)3)68(86)93-56/h13,17,20-21,23-25,27,41,45-47,51,53,56,58,64-66H,10-12,14-16,18-19,22,26,28-40,42-44H2,1-9H3,(H,72,79)(H,73,80)(H,74,85)(H,75,81)(H,76,82)(H,83,84)/b17-13+/t47-,51+,53+,56-,58-,64-,65+,66+/m0/s1. The van der Waals surface area contributed by atoms with Gasteiger partial charge in [0.25, 0.3) is 0 Å². The van der Waals surface area contributed by atoms with Crippen LogP contribution in [0.2, 0.25) is 5.02 Å². The number of carboxylic acids is 1. The highest BCUT2D eigenvalue weighted by Crippen LogP contribution is 2.45. The summed E-state index contributed by atoms with van der Waals surface area (Å²) in [7, 11) is 1.48. The quantitative estimate of drug-likeness (QED) is 0.0216. The second-order valence-corrected chi connectivity index (χ2v) is 26.0. The molecule has 1 saturated heterocycles. The number of aliphatic carboxylic acids is 1. The number of hydrogen-bond donors (Lipinski definition) is 6. The molecule has 2 heterocycles. The van der Waals surface area contributed by atoms with Gasteiger partial charge in [0.05, 0.1) is 82.5 Å². The van der Waals surface area contributed by atoms with Crippen molar-refractivity contribution < 1.29 is 90.9 Å². The Bertz CT molecular complexity index is 2810. The molecule has 0 aromatic heterocycles. The lowest BCUT2D eigenvalue weighted by atomic mass is 9.85. The molecule has 5 amide bonds. The summed E-state index contributed by atoms with van der Waals surface area (Å²) < 4.78 is 45.6. The highest BCUT2D eigenvalue weighted by Gasteiger charge is 2.48. The first kappa shape index (κ1) is 80.6. The number of esters is 2. The highest BCUT2D eigenvalue weighted by molar-refractivity contribution is 6.32. The van der Waals surface area contributed by atoms with Gasteiger partial charge in [0.2, 0.25) is 29.5 Å². The number of ether oxygens (including phenoxy) is 8. The van der Waals surface area contributed by atoms with E-state index in [0.29, 0.717) is 108 Å². The van der Waals surface area contributed by atoms with E-state index < -0.39 is 89.4 Å². The summed E-state index contributed by atoms with van der Waals surface area (Å²) in [6, 6.07) is 10.7. The summed E-state index contributed by atoms with van der Waals surface area (Å²) in [5, 5.41) is 23.4. The largest absolute Gasteiger partial charge is 0.495 e. The molecule has 2 aromatic carbocycles. The van der Waals surface area contributed by atoms with E-state index in [1.807, 2.05) is 52.0 Å². The van der Waals surface area contributed by atoms with Crippen molar-refractivity contribution in [2.45, 2.75) is 188 Å². The summed E-state index contributed by atoms with van der Waals surface area (Å²) in [6.07, 6.45) is 3.16. The Morgan fingerprint density at radius 1 is 0.737 bits per heavy atom. The molecule has 0 saturated carbocycles. The van der Waals surface area contributed by atoms with Crippen LogP contribution >= 0.6 is 11.6 Å². The minimum Gasteiger partial charge on any atom is -0.495 e. The van der Waals surface area contributed by atoms with Crippen LogP contribution < -0.4 is 31.3 Å². The Morgan fingerprint density at radius 3 is 1.95 bits per heavy atom. The lowest BCUT2D eigenvalue weighted by molar-refractivity contribution is -0.179. The maximum Gasteiger partial charge on any atom is 0.347 e. The number of hydrogen-bond acceptors (Lipinski definition) is 18. The molecule has 0 unspecified atom stereocenters. The summed E-state index contributed by atoms with van der Waals surface area (Å²) >= 11 is 6.41. The van der Waals surface area contributed by atoms with Crippen LogP contribution in [0.1, 0.15) is 162 Å². The van der Waals surface area contributed by atoms with Gasteiger partial charge in [-0.25, -0.2) is 4.79 Å². The number of nitrogens with one attached hydrogen (secondary N) is 5. The number of epoxide rings is 1. The van der Waals surface area contributed by atoms with Crippen molar-refractivity contribution in [1.82, 2.24) is 26.6 Å². The van der Waals surface area contributed by atoms with Crippen molar-refractivity contribution in [2.75, 3.05) is 79.6 Å². The lowest BCUT2D eigenvalue weighted by Crippen LogP contribution is -2.51. The lowest BCUT2D eigenvalue weighted by Gasteiger charge is -2.29. The first-order valence-electron chi connectivity index (χ1n) is 33.5. The Labute approximate surface area is 564 Å². The zero-order valence-electron chi connectivity index (χ0n) is 57.0. The first-order valence-corrected chi connectivity index (χ1v) is 33.8. The van der Waals surface area contributed by atoms with Gasteiger partial charge < -0.3 is 69.6 Å². The van der Waals surface area contributed by atoms with E-state index in [2.05, 4.69) is 26.6 Å². The number of carboxylic acid groups (broad SMARTS) is 1.